The van der Waals surface area contributed by atoms with Crippen molar-refractivity contribution >= 4 is 16.8 Å². The largest absolute Gasteiger partial charge is 0.394 e. The Morgan fingerprint density at radius 2 is 2.33 bits per heavy atom. The van der Waals surface area contributed by atoms with Gasteiger partial charge in [-0.15, -0.1) is 0 Å². The van der Waals surface area contributed by atoms with Crippen LogP contribution < -0.4 is 0 Å². The predicted molar refractivity (Wildman–Crippen MR) is 78.5 cm³/mol. The molecule has 2 aromatic rings. The van der Waals surface area contributed by atoms with Crippen molar-refractivity contribution in [3.63, 3.8) is 0 Å². The van der Waals surface area contributed by atoms with Gasteiger partial charge in [-0.3, -0.25) is 4.79 Å². The molecule has 5 heteroatoms. The van der Waals surface area contributed by atoms with Gasteiger partial charge in [0, 0.05) is 23.1 Å². The van der Waals surface area contributed by atoms with Gasteiger partial charge in [-0.05, 0) is 43.5 Å². The molecule has 1 aromatic carbocycles. The fourth-order valence-electron chi connectivity index (χ4n) is 3.19. The van der Waals surface area contributed by atoms with Gasteiger partial charge in [0.2, 0.25) is 5.91 Å². The molecule has 0 spiro atoms. The van der Waals surface area contributed by atoms with Crippen LogP contribution in [0, 0.1) is 12.7 Å². The van der Waals surface area contributed by atoms with Gasteiger partial charge < -0.3 is 15.0 Å². The summed E-state index contributed by atoms with van der Waals surface area (Å²) in [5, 5.41) is 10.1. The summed E-state index contributed by atoms with van der Waals surface area (Å²) in [7, 11) is 0. The first-order valence-electron chi connectivity index (χ1n) is 7.27. The van der Waals surface area contributed by atoms with Crippen LogP contribution in [0.5, 0.6) is 0 Å². The minimum Gasteiger partial charge on any atom is -0.394 e. The molecule has 0 saturated carbocycles. The number of rotatable bonds is 3. The van der Waals surface area contributed by atoms with Gasteiger partial charge in [0.25, 0.3) is 0 Å². The lowest BCUT2D eigenvalue weighted by Crippen LogP contribution is -2.38. The number of carbonyl (C=O) groups is 1. The number of amides is 1. The Morgan fingerprint density at radius 1 is 1.52 bits per heavy atom. The highest BCUT2D eigenvalue weighted by atomic mass is 19.1. The molecule has 1 saturated heterocycles. The Labute approximate surface area is 122 Å². The number of halogens is 1. The number of aliphatic hydroxyl groups excluding tert-OH is 1. The number of aryl methyl sites for hydroxylation is 1. The van der Waals surface area contributed by atoms with Crippen LogP contribution in [0.25, 0.3) is 10.9 Å². The first-order valence-corrected chi connectivity index (χ1v) is 7.27. The van der Waals surface area contributed by atoms with Crippen molar-refractivity contribution in [2.24, 2.45) is 0 Å². The highest BCUT2D eigenvalue weighted by Gasteiger charge is 2.28. The highest BCUT2D eigenvalue weighted by molar-refractivity contribution is 5.90. The van der Waals surface area contributed by atoms with Crippen molar-refractivity contribution in [1.82, 2.24) is 9.88 Å². The number of fused-ring (bicyclic) bond motifs is 1. The number of hydrogen-bond acceptors (Lipinski definition) is 2. The zero-order valence-electron chi connectivity index (χ0n) is 12.0. The zero-order valence-corrected chi connectivity index (χ0v) is 12.0. The molecule has 3 rings (SSSR count). The first-order chi connectivity index (χ1) is 10.1. The Hall–Kier alpha value is -1.88. The zero-order chi connectivity index (χ0) is 15.0. The number of aliphatic hydroxyl groups is 1. The molecule has 1 aliphatic heterocycles. The van der Waals surface area contributed by atoms with Crippen LogP contribution in [0.3, 0.4) is 0 Å². The third kappa shape index (κ3) is 2.53. The lowest BCUT2D eigenvalue weighted by Gasteiger charge is -2.23. The third-order valence-electron chi connectivity index (χ3n) is 4.32. The van der Waals surface area contributed by atoms with Crippen LogP contribution in [-0.2, 0) is 11.2 Å². The number of nitrogens with zero attached hydrogens (tertiary/aromatic N) is 1. The van der Waals surface area contributed by atoms with Gasteiger partial charge in [-0.2, -0.15) is 0 Å². The molecule has 2 N–H and O–H groups in total. The molecule has 1 atom stereocenters. The third-order valence-corrected chi connectivity index (χ3v) is 4.32. The fraction of sp³-hybridized carbons (Fsp3) is 0.438. The number of likely N-dealkylation sites (tertiary alicyclic amines) is 1. The maximum Gasteiger partial charge on any atom is 0.227 e. The number of H-pyrrole nitrogens is 1. The van der Waals surface area contributed by atoms with E-state index < -0.39 is 0 Å². The number of aromatic amines is 1. The van der Waals surface area contributed by atoms with E-state index >= 15 is 0 Å². The Morgan fingerprint density at radius 3 is 3.10 bits per heavy atom. The van der Waals surface area contributed by atoms with Crippen LogP contribution >= 0.6 is 0 Å². The Bertz CT molecular complexity index is 680. The predicted octanol–water partition coefficient (Wildman–Crippen LogP) is 2.14. The summed E-state index contributed by atoms with van der Waals surface area (Å²) in [5.74, 6) is -0.301. The van der Waals surface area contributed by atoms with E-state index in [0.29, 0.717) is 6.54 Å². The van der Waals surface area contributed by atoms with Gasteiger partial charge in [-0.1, -0.05) is 0 Å². The lowest BCUT2D eigenvalue weighted by molar-refractivity contribution is -0.131. The summed E-state index contributed by atoms with van der Waals surface area (Å²) in [5.41, 5.74) is 2.58. The Balaban J connectivity index is 1.89. The maximum absolute atomic E-state index is 13.4. The number of benzene rings is 1. The molecule has 0 unspecified atom stereocenters. The summed E-state index contributed by atoms with van der Waals surface area (Å²) in [4.78, 5) is 17.4. The molecule has 1 fully saturated rings. The molecule has 1 aliphatic rings. The number of aromatic nitrogens is 1. The minimum absolute atomic E-state index is 0.000175. The van der Waals surface area contributed by atoms with Crippen LogP contribution in [0.4, 0.5) is 4.39 Å². The quantitative estimate of drug-likeness (QED) is 0.910. The van der Waals surface area contributed by atoms with Gasteiger partial charge in [0.1, 0.15) is 5.82 Å². The van der Waals surface area contributed by atoms with Crippen molar-refractivity contribution in [3.05, 3.63) is 35.3 Å². The molecular weight excluding hydrogens is 271 g/mol. The van der Waals surface area contributed by atoms with E-state index in [9.17, 15) is 14.3 Å². The summed E-state index contributed by atoms with van der Waals surface area (Å²) in [6.45, 7) is 2.60. The van der Waals surface area contributed by atoms with E-state index in [-0.39, 0.29) is 30.8 Å². The first kappa shape index (κ1) is 14.1. The Kier molecular flexibility index (Phi) is 3.68. The van der Waals surface area contributed by atoms with Gasteiger partial charge in [0.15, 0.2) is 0 Å². The van der Waals surface area contributed by atoms with E-state index in [1.165, 1.54) is 12.1 Å². The smallest absolute Gasteiger partial charge is 0.227 e. The molecule has 0 radical (unpaired) electrons. The fourth-order valence-corrected chi connectivity index (χ4v) is 3.19. The summed E-state index contributed by atoms with van der Waals surface area (Å²) in [6, 6.07) is 4.50. The molecule has 1 amide bonds. The molecule has 4 nitrogen and oxygen atoms in total. The van der Waals surface area contributed by atoms with E-state index in [1.807, 2.05) is 6.92 Å². The maximum atomic E-state index is 13.4. The summed E-state index contributed by atoms with van der Waals surface area (Å²) < 4.78 is 13.4. The topological polar surface area (TPSA) is 56.3 Å². The monoisotopic (exact) mass is 290 g/mol. The molecular formula is C16H19FN2O2. The van der Waals surface area contributed by atoms with Crippen molar-refractivity contribution in [1.29, 1.82) is 0 Å². The van der Waals surface area contributed by atoms with E-state index in [0.717, 1.165) is 35.0 Å². The van der Waals surface area contributed by atoms with Crippen molar-refractivity contribution in [2.75, 3.05) is 13.2 Å². The van der Waals surface area contributed by atoms with Crippen molar-refractivity contribution < 1.29 is 14.3 Å². The lowest BCUT2D eigenvalue weighted by atomic mass is 10.1. The molecule has 1 aromatic heterocycles. The average molecular weight is 290 g/mol. The van der Waals surface area contributed by atoms with Crippen LogP contribution in [0.2, 0.25) is 0 Å². The van der Waals surface area contributed by atoms with Crippen molar-refractivity contribution in [2.45, 2.75) is 32.2 Å². The van der Waals surface area contributed by atoms with Crippen molar-refractivity contribution in [3.8, 4) is 0 Å². The minimum atomic E-state index is -0.301. The summed E-state index contributed by atoms with van der Waals surface area (Å²) >= 11 is 0. The number of hydrogen-bond donors (Lipinski definition) is 2. The SMILES string of the molecule is Cc1[nH]c2ccc(F)cc2c1CC(=O)N1CCC[C@@H]1CO. The van der Waals surface area contributed by atoms with E-state index in [4.69, 9.17) is 0 Å². The number of carbonyl (C=O) groups excluding carboxylic acids is 1. The summed E-state index contributed by atoms with van der Waals surface area (Å²) in [6.07, 6.45) is 2.02. The van der Waals surface area contributed by atoms with Crippen LogP contribution in [0.1, 0.15) is 24.1 Å². The van der Waals surface area contributed by atoms with Crippen LogP contribution in [-0.4, -0.2) is 40.1 Å². The standard InChI is InChI=1S/C16H19FN2O2/c1-10-13(14-7-11(17)4-5-15(14)18-10)8-16(21)19-6-2-3-12(19)9-20/h4-5,7,12,18,20H,2-3,6,8-9H2,1H3/t12-/m1/s1. The molecule has 0 bridgehead atoms. The van der Waals surface area contributed by atoms with Crippen LogP contribution in [0.15, 0.2) is 18.2 Å². The van der Waals surface area contributed by atoms with Gasteiger partial charge >= 0.3 is 0 Å². The van der Waals surface area contributed by atoms with E-state index in [1.54, 1.807) is 11.0 Å². The van der Waals surface area contributed by atoms with Gasteiger partial charge in [-0.25, -0.2) is 4.39 Å². The van der Waals surface area contributed by atoms with E-state index in [2.05, 4.69) is 4.98 Å². The second kappa shape index (κ2) is 5.48. The second-order valence-corrected chi connectivity index (χ2v) is 5.66. The molecule has 0 aliphatic carbocycles. The highest BCUT2D eigenvalue weighted by Crippen LogP contribution is 2.25. The molecule has 21 heavy (non-hydrogen) atoms. The molecule has 2 heterocycles. The van der Waals surface area contributed by atoms with Gasteiger partial charge in [0.05, 0.1) is 19.1 Å². The average Bonchev–Trinajstić information content (AvgIpc) is 3.04. The number of nitrogens with one attached hydrogen (secondary N) is 1. The second-order valence-electron chi connectivity index (χ2n) is 5.66. The normalized spacial score (nSPS) is 18.6. The molecule has 112 valence electrons.